The van der Waals surface area contributed by atoms with Crippen LogP contribution in [0.3, 0.4) is 0 Å². The van der Waals surface area contributed by atoms with Gasteiger partial charge in [-0.3, -0.25) is 0 Å². The van der Waals surface area contributed by atoms with E-state index in [1.165, 1.54) is 25.7 Å². The van der Waals surface area contributed by atoms with Crippen LogP contribution in [0.1, 0.15) is 39.5 Å². The lowest BCUT2D eigenvalue weighted by molar-refractivity contribution is 0.000865. The molecule has 12 heavy (non-hydrogen) atoms. The summed E-state index contributed by atoms with van der Waals surface area (Å²) >= 11 is 2.38. The second-order valence-corrected chi connectivity index (χ2v) is 5.09. The number of rotatable bonds is 6. The number of hydrogen-bond donors (Lipinski definition) is 0. The van der Waals surface area contributed by atoms with Crippen molar-refractivity contribution in [3.63, 3.8) is 0 Å². The molecular formula is C10H19IO. The van der Waals surface area contributed by atoms with Crippen molar-refractivity contribution in [2.45, 2.75) is 45.1 Å². The smallest absolute Gasteiger partial charge is 0.0715 e. The summed E-state index contributed by atoms with van der Waals surface area (Å²) in [6, 6.07) is 0. The SMILES string of the molecule is CC(C)(CI)OCCCC1CC1. The van der Waals surface area contributed by atoms with Gasteiger partial charge in [-0.2, -0.15) is 0 Å². The van der Waals surface area contributed by atoms with Gasteiger partial charge in [-0.25, -0.2) is 0 Å². The zero-order valence-corrected chi connectivity index (χ0v) is 10.3. The molecular weight excluding hydrogens is 263 g/mol. The van der Waals surface area contributed by atoms with Crippen LogP contribution >= 0.6 is 22.6 Å². The maximum atomic E-state index is 5.75. The molecule has 0 aromatic carbocycles. The Morgan fingerprint density at radius 1 is 1.42 bits per heavy atom. The molecule has 0 heterocycles. The highest BCUT2D eigenvalue weighted by atomic mass is 127. The Labute approximate surface area is 89.4 Å². The summed E-state index contributed by atoms with van der Waals surface area (Å²) < 4.78 is 6.83. The minimum Gasteiger partial charge on any atom is -0.375 e. The Morgan fingerprint density at radius 3 is 2.58 bits per heavy atom. The molecule has 72 valence electrons. The maximum absolute atomic E-state index is 5.75. The van der Waals surface area contributed by atoms with Gasteiger partial charge in [0, 0.05) is 11.0 Å². The molecule has 1 fully saturated rings. The summed E-state index contributed by atoms with van der Waals surface area (Å²) in [7, 11) is 0. The van der Waals surface area contributed by atoms with Gasteiger partial charge in [-0.1, -0.05) is 35.4 Å². The second-order valence-electron chi connectivity index (χ2n) is 4.33. The van der Waals surface area contributed by atoms with Crippen LogP contribution in [-0.2, 0) is 4.74 Å². The minimum atomic E-state index is 0.0874. The average Bonchev–Trinajstić information content (AvgIpc) is 2.82. The summed E-state index contributed by atoms with van der Waals surface area (Å²) in [6.07, 6.45) is 5.58. The van der Waals surface area contributed by atoms with E-state index in [0.29, 0.717) is 0 Å². The number of halogens is 1. The minimum absolute atomic E-state index is 0.0874. The van der Waals surface area contributed by atoms with Crippen LogP contribution in [0.2, 0.25) is 0 Å². The second kappa shape index (κ2) is 4.80. The van der Waals surface area contributed by atoms with Gasteiger partial charge < -0.3 is 4.74 Å². The standard InChI is InChI=1S/C10H19IO/c1-10(2,8-11)12-7-3-4-9-5-6-9/h9H,3-8H2,1-2H3. The first-order valence-electron chi connectivity index (χ1n) is 4.84. The Bertz CT molecular complexity index is 130. The average molecular weight is 282 g/mol. The molecule has 0 atom stereocenters. The van der Waals surface area contributed by atoms with Crippen LogP contribution in [-0.4, -0.2) is 16.6 Å². The molecule has 0 saturated heterocycles. The first-order chi connectivity index (χ1) is 5.64. The van der Waals surface area contributed by atoms with Gasteiger partial charge in [0.25, 0.3) is 0 Å². The van der Waals surface area contributed by atoms with Gasteiger partial charge in [-0.15, -0.1) is 0 Å². The van der Waals surface area contributed by atoms with Crippen LogP contribution in [0, 0.1) is 5.92 Å². The molecule has 0 radical (unpaired) electrons. The van der Waals surface area contributed by atoms with Crippen LogP contribution in [0.25, 0.3) is 0 Å². The van der Waals surface area contributed by atoms with Crippen LogP contribution in [0.4, 0.5) is 0 Å². The fourth-order valence-electron chi connectivity index (χ4n) is 1.17. The third-order valence-corrected chi connectivity index (χ3v) is 4.11. The number of hydrogen-bond acceptors (Lipinski definition) is 1. The van der Waals surface area contributed by atoms with E-state index in [-0.39, 0.29) is 5.60 Å². The molecule has 0 N–H and O–H groups in total. The fraction of sp³-hybridized carbons (Fsp3) is 1.00. The van der Waals surface area contributed by atoms with Crippen molar-refractivity contribution in [1.82, 2.24) is 0 Å². The van der Waals surface area contributed by atoms with Gasteiger partial charge in [0.2, 0.25) is 0 Å². The lowest BCUT2D eigenvalue weighted by Crippen LogP contribution is -2.26. The zero-order chi connectivity index (χ0) is 9.03. The van der Waals surface area contributed by atoms with Crippen molar-refractivity contribution in [2.75, 3.05) is 11.0 Å². The lowest BCUT2D eigenvalue weighted by atomic mass is 10.2. The van der Waals surface area contributed by atoms with Gasteiger partial charge in [-0.05, 0) is 32.6 Å². The lowest BCUT2D eigenvalue weighted by Gasteiger charge is -2.22. The van der Waals surface area contributed by atoms with E-state index in [9.17, 15) is 0 Å². The van der Waals surface area contributed by atoms with Gasteiger partial charge in [0.1, 0.15) is 0 Å². The molecule has 1 saturated carbocycles. The molecule has 0 aliphatic heterocycles. The highest BCUT2D eigenvalue weighted by molar-refractivity contribution is 14.1. The van der Waals surface area contributed by atoms with E-state index in [0.717, 1.165) is 17.0 Å². The van der Waals surface area contributed by atoms with E-state index < -0.39 is 0 Å². The molecule has 0 aromatic rings. The van der Waals surface area contributed by atoms with Crippen LogP contribution in [0.15, 0.2) is 0 Å². The monoisotopic (exact) mass is 282 g/mol. The number of ether oxygens (including phenoxy) is 1. The summed E-state index contributed by atoms with van der Waals surface area (Å²) in [6.45, 7) is 5.28. The first-order valence-corrected chi connectivity index (χ1v) is 6.36. The zero-order valence-electron chi connectivity index (χ0n) is 8.11. The summed E-state index contributed by atoms with van der Waals surface area (Å²) in [5.74, 6) is 1.05. The highest BCUT2D eigenvalue weighted by Gasteiger charge is 2.21. The van der Waals surface area contributed by atoms with Gasteiger partial charge >= 0.3 is 0 Å². The normalized spacial score (nSPS) is 18.2. The fourth-order valence-corrected chi connectivity index (χ4v) is 1.39. The predicted molar refractivity (Wildman–Crippen MR) is 60.9 cm³/mol. The van der Waals surface area contributed by atoms with Crippen LogP contribution in [0.5, 0.6) is 0 Å². The Balaban J connectivity index is 1.92. The highest BCUT2D eigenvalue weighted by Crippen LogP contribution is 2.33. The van der Waals surface area contributed by atoms with E-state index in [2.05, 4.69) is 36.4 Å². The van der Waals surface area contributed by atoms with Crippen molar-refractivity contribution in [3.8, 4) is 0 Å². The predicted octanol–water partition coefficient (Wildman–Crippen LogP) is 3.41. The molecule has 1 nitrogen and oxygen atoms in total. The van der Waals surface area contributed by atoms with Gasteiger partial charge in [0.05, 0.1) is 5.60 Å². The van der Waals surface area contributed by atoms with E-state index in [1.54, 1.807) is 0 Å². The van der Waals surface area contributed by atoms with E-state index in [4.69, 9.17) is 4.74 Å². The van der Waals surface area contributed by atoms with Crippen LogP contribution < -0.4 is 0 Å². The first kappa shape index (κ1) is 10.8. The number of alkyl halides is 1. The molecule has 2 heteroatoms. The quantitative estimate of drug-likeness (QED) is 0.412. The molecule has 0 spiro atoms. The topological polar surface area (TPSA) is 9.23 Å². The third kappa shape index (κ3) is 4.65. The third-order valence-electron chi connectivity index (χ3n) is 2.27. The van der Waals surface area contributed by atoms with Crippen molar-refractivity contribution < 1.29 is 4.74 Å². The Hall–Kier alpha value is 0.690. The molecule has 0 aromatic heterocycles. The molecule has 0 amide bonds. The Kier molecular flexibility index (Phi) is 4.30. The Morgan fingerprint density at radius 2 is 2.08 bits per heavy atom. The van der Waals surface area contributed by atoms with Crippen molar-refractivity contribution in [1.29, 1.82) is 0 Å². The summed E-state index contributed by atoms with van der Waals surface area (Å²) in [5.41, 5.74) is 0.0874. The van der Waals surface area contributed by atoms with Crippen molar-refractivity contribution in [2.24, 2.45) is 5.92 Å². The maximum Gasteiger partial charge on any atom is 0.0715 e. The largest absolute Gasteiger partial charge is 0.375 e. The molecule has 0 bridgehead atoms. The van der Waals surface area contributed by atoms with Crippen molar-refractivity contribution >= 4 is 22.6 Å². The molecule has 1 aliphatic rings. The van der Waals surface area contributed by atoms with Gasteiger partial charge in [0.15, 0.2) is 0 Å². The summed E-state index contributed by atoms with van der Waals surface area (Å²) in [5, 5.41) is 0. The molecule has 1 aliphatic carbocycles. The van der Waals surface area contributed by atoms with Crippen molar-refractivity contribution in [3.05, 3.63) is 0 Å². The van der Waals surface area contributed by atoms with E-state index >= 15 is 0 Å². The summed E-state index contributed by atoms with van der Waals surface area (Å²) in [4.78, 5) is 0. The molecule has 1 rings (SSSR count). The molecule has 0 unspecified atom stereocenters. The van der Waals surface area contributed by atoms with E-state index in [1.807, 2.05) is 0 Å².